The van der Waals surface area contributed by atoms with Crippen molar-refractivity contribution in [3.63, 3.8) is 0 Å². The Balaban J connectivity index is 1.81. The highest BCUT2D eigenvalue weighted by molar-refractivity contribution is 7.12. The number of aliphatic hydroxyl groups excluding tert-OH is 1. The Morgan fingerprint density at radius 3 is 2.86 bits per heavy atom. The normalized spacial score (nSPS) is 24.1. The summed E-state index contributed by atoms with van der Waals surface area (Å²) in [5.74, 6) is 0.698. The van der Waals surface area contributed by atoms with E-state index in [1.54, 1.807) is 11.3 Å². The highest BCUT2D eigenvalue weighted by atomic mass is 32.1. The number of aryl methyl sites for hydroxylation is 1. The van der Waals surface area contributed by atoms with Crippen LogP contribution in [0.15, 0.2) is 11.4 Å². The van der Waals surface area contributed by atoms with Crippen molar-refractivity contribution in [3.8, 4) is 5.13 Å². The first-order valence-corrected chi connectivity index (χ1v) is 8.67. The number of hydrogen-bond donors (Lipinski definition) is 1. The molecule has 2 heterocycles. The zero-order valence-corrected chi connectivity index (χ0v) is 13.7. The predicted molar refractivity (Wildman–Crippen MR) is 85.2 cm³/mol. The number of fused-ring (bicyclic) bond motifs is 1. The Kier molecular flexibility index (Phi) is 2.86. The minimum Gasteiger partial charge on any atom is -0.388 e. The van der Waals surface area contributed by atoms with Gasteiger partial charge in [-0.2, -0.15) is 0 Å². The second-order valence-corrected chi connectivity index (χ2v) is 8.25. The quantitative estimate of drug-likeness (QED) is 0.906. The summed E-state index contributed by atoms with van der Waals surface area (Å²) in [6, 6.07) is 2.15. The van der Waals surface area contributed by atoms with Gasteiger partial charge in [0, 0.05) is 28.2 Å². The molecule has 3 nitrogen and oxygen atoms in total. The summed E-state index contributed by atoms with van der Waals surface area (Å²) in [6.45, 7) is 6.60. The van der Waals surface area contributed by atoms with E-state index >= 15 is 0 Å². The van der Waals surface area contributed by atoms with Crippen LogP contribution in [0.25, 0.3) is 5.13 Å². The molecule has 1 atom stereocenters. The van der Waals surface area contributed by atoms with E-state index in [1.807, 2.05) is 0 Å². The summed E-state index contributed by atoms with van der Waals surface area (Å²) in [7, 11) is 0. The molecule has 0 saturated heterocycles. The van der Waals surface area contributed by atoms with E-state index in [0.29, 0.717) is 5.92 Å². The van der Waals surface area contributed by atoms with Crippen molar-refractivity contribution in [2.45, 2.75) is 58.5 Å². The van der Waals surface area contributed by atoms with E-state index in [-0.39, 0.29) is 11.5 Å². The van der Waals surface area contributed by atoms with Gasteiger partial charge in [-0.3, -0.25) is 4.57 Å². The maximum Gasteiger partial charge on any atom is 0.194 e. The average Bonchev–Trinajstić information content (AvgIpc) is 3.03. The molecule has 0 aromatic carbocycles. The molecule has 2 aliphatic rings. The molecule has 112 valence electrons. The standard InChI is InChI=1S/C17H22N2OS/c1-10-6-12-14(7-17(2,3)8-15(12)20)19(10)16-18-13(9-21-16)11-4-5-11/h6,9,11,15,20H,4-5,7-8H2,1-3H3. The van der Waals surface area contributed by atoms with Crippen LogP contribution < -0.4 is 0 Å². The van der Waals surface area contributed by atoms with Gasteiger partial charge in [-0.05, 0) is 44.1 Å². The number of aliphatic hydroxyl groups is 1. The summed E-state index contributed by atoms with van der Waals surface area (Å²) in [4.78, 5) is 4.86. The second kappa shape index (κ2) is 4.43. The van der Waals surface area contributed by atoms with Gasteiger partial charge in [-0.25, -0.2) is 4.98 Å². The Labute approximate surface area is 129 Å². The summed E-state index contributed by atoms with van der Waals surface area (Å²) in [6.07, 6.45) is 4.09. The maximum atomic E-state index is 10.5. The highest BCUT2D eigenvalue weighted by Crippen LogP contribution is 2.44. The van der Waals surface area contributed by atoms with Gasteiger partial charge in [0.1, 0.15) is 0 Å². The number of rotatable bonds is 2. The maximum absolute atomic E-state index is 10.5. The third-order valence-corrected chi connectivity index (χ3v) is 5.61. The van der Waals surface area contributed by atoms with Crippen molar-refractivity contribution >= 4 is 11.3 Å². The monoisotopic (exact) mass is 302 g/mol. The minimum absolute atomic E-state index is 0.144. The van der Waals surface area contributed by atoms with Crippen LogP contribution in [-0.4, -0.2) is 14.7 Å². The topological polar surface area (TPSA) is 38.0 Å². The number of thiazole rings is 1. The van der Waals surface area contributed by atoms with Crippen LogP contribution in [0.1, 0.15) is 67.8 Å². The van der Waals surface area contributed by atoms with Gasteiger partial charge in [0.05, 0.1) is 11.8 Å². The van der Waals surface area contributed by atoms with Crippen LogP contribution >= 0.6 is 11.3 Å². The Hall–Kier alpha value is -1.13. The lowest BCUT2D eigenvalue weighted by Crippen LogP contribution is -2.26. The minimum atomic E-state index is -0.341. The lowest BCUT2D eigenvalue weighted by atomic mass is 9.75. The molecule has 0 amide bonds. The Bertz CT molecular complexity index is 694. The molecule has 21 heavy (non-hydrogen) atoms. The largest absolute Gasteiger partial charge is 0.388 e. The number of aromatic nitrogens is 2. The zero-order valence-electron chi connectivity index (χ0n) is 12.9. The van der Waals surface area contributed by atoms with E-state index in [9.17, 15) is 5.11 Å². The van der Waals surface area contributed by atoms with Crippen LogP contribution in [0.4, 0.5) is 0 Å². The molecule has 2 aliphatic carbocycles. The number of hydrogen-bond acceptors (Lipinski definition) is 3. The van der Waals surface area contributed by atoms with E-state index in [1.165, 1.54) is 29.9 Å². The molecule has 1 unspecified atom stereocenters. The first kappa shape index (κ1) is 13.5. The van der Waals surface area contributed by atoms with Gasteiger partial charge in [-0.15, -0.1) is 11.3 Å². The van der Waals surface area contributed by atoms with Gasteiger partial charge in [0.2, 0.25) is 0 Å². The van der Waals surface area contributed by atoms with Crippen molar-refractivity contribution in [1.82, 2.24) is 9.55 Å². The van der Waals surface area contributed by atoms with E-state index in [0.717, 1.165) is 23.5 Å². The van der Waals surface area contributed by atoms with Crippen molar-refractivity contribution in [2.75, 3.05) is 0 Å². The van der Waals surface area contributed by atoms with Gasteiger partial charge < -0.3 is 5.11 Å². The fourth-order valence-electron chi connectivity index (χ4n) is 3.56. The molecule has 2 aromatic heterocycles. The van der Waals surface area contributed by atoms with Crippen LogP contribution in [0.3, 0.4) is 0 Å². The SMILES string of the molecule is Cc1cc2c(n1-c1nc(C3CC3)cs1)CC(C)(C)CC2O. The lowest BCUT2D eigenvalue weighted by Gasteiger charge is -2.33. The van der Waals surface area contributed by atoms with E-state index in [2.05, 4.69) is 36.8 Å². The second-order valence-electron chi connectivity index (χ2n) is 7.41. The van der Waals surface area contributed by atoms with Gasteiger partial charge in [-0.1, -0.05) is 13.8 Å². The molecule has 4 heteroatoms. The van der Waals surface area contributed by atoms with Crippen LogP contribution in [-0.2, 0) is 6.42 Å². The zero-order chi connectivity index (χ0) is 14.8. The summed E-state index contributed by atoms with van der Waals surface area (Å²) < 4.78 is 2.27. The molecule has 1 saturated carbocycles. The fourth-order valence-corrected chi connectivity index (χ4v) is 4.54. The summed E-state index contributed by atoms with van der Waals surface area (Å²) in [5, 5.41) is 13.7. The van der Waals surface area contributed by atoms with Crippen LogP contribution in [0, 0.1) is 12.3 Å². The van der Waals surface area contributed by atoms with E-state index < -0.39 is 0 Å². The third-order valence-electron chi connectivity index (χ3n) is 4.77. The fraction of sp³-hybridized carbons (Fsp3) is 0.588. The molecule has 0 aliphatic heterocycles. The molecule has 0 bridgehead atoms. The first-order chi connectivity index (χ1) is 9.94. The van der Waals surface area contributed by atoms with Crippen molar-refractivity contribution in [2.24, 2.45) is 5.41 Å². The first-order valence-electron chi connectivity index (χ1n) is 7.79. The molecular weight excluding hydrogens is 280 g/mol. The average molecular weight is 302 g/mol. The van der Waals surface area contributed by atoms with Crippen LogP contribution in [0.2, 0.25) is 0 Å². The van der Waals surface area contributed by atoms with Crippen molar-refractivity contribution < 1.29 is 5.11 Å². The summed E-state index contributed by atoms with van der Waals surface area (Å²) >= 11 is 1.73. The van der Waals surface area contributed by atoms with Gasteiger partial charge in [0.15, 0.2) is 5.13 Å². The molecule has 1 fully saturated rings. The van der Waals surface area contributed by atoms with Crippen LogP contribution in [0.5, 0.6) is 0 Å². The molecule has 1 N–H and O–H groups in total. The van der Waals surface area contributed by atoms with Gasteiger partial charge >= 0.3 is 0 Å². The molecular formula is C17H22N2OS. The predicted octanol–water partition coefficient (Wildman–Crippen LogP) is 4.13. The van der Waals surface area contributed by atoms with E-state index in [4.69, 9.17) is 4.98 Å². The number of nitrogens with zero attached hydrogens (tertiary/aromatic N) is 2. The van der Waals surface area contributed by atoms with Gasteiger partial charge in [0.25, 0.3) is 0 Å². The molecule has 4 rings (SSSR count). The molecule has 2 aromatic rings. The smallest absolute Gasteiger partial charge is 0.194 e. The Morgan fingerprint density at radius 1 is 1.38 bits per heavy atom. The van der Waals surface area contributed by atoms with Crippen molar-refractivity contribution in [1.29, 1.82) is 0 Å². The lowest BCUT2D eigenvalue weighted by molar-refractivity contribution is 0.0987. The molecule has 0 radical (unpaired) electrons. The third kappa shape index (κ3) is 2.25. The Morgan fingerprint density at radius 2 is 2.14 bits per heavy atom. The van der Waals surface area contributed by atoms with Crippen molar-refractivity contribution in [3.05, 3.63) is 34.1 Å². The highest BCUT2D eigenvalue weighted by Gasteiger charge is 2.35. The molecule has 0 spiro atoms. The summed E-state index contributed by atoms with van der Waals surface area (Å²) in [5.41, 5.74) is 4.95.